The summed E-state index contributed by atoms with van der Waals surface area (Å²) in [5.74, 6) is 1.49. The number of rotatable bonds is 6. The number of piperazine rings is 1. The Hall–Kier alpha value is -0.450. The molecule has 0 radical (unpaired) electrons. The van der Waals surface area contributed by atoms with Crippen molar-refractivity contribution in [2.45, 2.75) is 66.1 Å². The van der Waals surface area contributed by atoms with E-state index >= 15 is 0 Å². The van der Waals surface area contributed by atoms with E-state index in [9.17, 15) is 0 Å². The monoisotopic (exact) mass is 309 g/mol. The lowest BCUT2D eigenvalue weighted by atomic mass is 9.92. The number of hydrogen-bond acceptors (Lipinski definition) is 4. The van der Waals surface area contributed by atoms with Crippen molar-refractivity contribution in [1.82, 2.24) is 15.2 Å². The lowest BCUT2D eigenvalue weighted by Gasteiger charge is -2.43. The molecule has 3 nitrogen and oxygen atoms in total. The van der Waals surface area contributed by atoms with Gasteiger partial charge in [0, 0.05) is 37.1 Å². The van der Waals surface area contributed by atoms with Gasteiger partial charge in [-0.05, 0) is 25.2 Å². The van der Waals surface area contributed by atoms with Crippen LogP contribution in [0.15, 0.2) is 5.38 Å². The third-order valence-corrected chi connectivity index (χ3v) is 5.45. The van der Waals surface area contributed by atoms with Crippen molar-refractivity contribution < 1.29 is 0 Å². The van der Waals surface area contributed by atoms with Crippen LogP contribution in [-0.2, 0) is 6.54 Å². The molecule has 1 fully saturated rings. The molecule has 0 bridgehead atoms. The molecule has 1 saturated heterocycles. The summed E-state index contributed by atoms with van der Waals surface area (Å²) in [5, 5.41) is 7.18. The number of nitrogens with zero attached hydrogens (tertiary/aromatic N) is 2. The molecule has 1 aliphatic heterocycles. The Balaban J connectivity index is 2.04. The molecule has 21 heavy (non-hydrogen) atoms. The maximum Gasteiger partial charge on any atom is 0.0897 e. The van der Waals surface area contributed by atoms with Crippen LogP contribution in [0.5, 0.6) is 0 Å². The largest absolute Gasteiger partial charge is 0.311 e. The Bertz CT molecular complexity index is 429. The van der Waals surface area contributed by atoms with Gasteiger partial charge in [0.1, 0.15) is 0 Å². The van der Waals surface area contributed by atoms with Crippen molar-refractivity contribution in [3.05, 3.63) is 16.1 Å². The number of nitrogens with one attached hydrogen (secondary N) is 1. The van der Waals surface area contributed by atoms with Crippen molar-refractivity contribution in [1.29, 1.82) is 0 Å². The van der Waals surface area contributed by atoms with Crippen LogP contribution in [-0.4, -0.2) is 35.1 Å². The van der Waals surface area contributed by atoms with Crippen molar-refractivity contribution in [2.75, 3.05) is 13.1 Å². The van der Waals surface area contributed by atoms with Gasteiger partial charge in [0.25, 0.3) is 0 Å². The molecule has 2 rings (SSSR count). The minimum atomic E-state index is 0.630. The minimum Gasteiger partial charge on any atom is -0.311 e. The number of aryl methyl sites for hydroxylation is 1. The van der Waals surface area contributed by atoms with E-state index in [-0.39, 0.29) is 0 Å². The number of thiazole rings is 1. The van der Waals surface area contributed by atoms with E-state index in [4.69, 9.17) is 0 Å². The van der Waals surface area contributed by atoms with Crippen LogP contribution in [0.1, 0.15) is 51.2 Å². The Labute approximate surface area is 134 Å². The quantitative estimate of drug-likeness (QED) is 0.869. The summed E-state index contributed by atoms with van der Waals surface area (Å²) in [5.41, 5.74) is 1.25. The fraction of sp³-hybridized carbons (Fsp3) is 0.824. The molecule has 2 heterocycles. The van der Waals surface area contributed by atoms with Crippen molar-refractivity contribution in [3.63, 3.8) is 0 Å². The van der Waals surface area contributed by atoms with Gasteiger partial charge in [-0.25, -0.2) is 4.98 Å². The van der Waals surface area contributed by atoms with Gasteiger partial charge in [0.05, 0.1) is 10.7 Å². The summed E-state index contributed by atoms with van der Waals surface area (Å²) >= 11 is 1.77. The topological polar surface area (TPSA) is 28.2 Å². The van der Waals surface area contributed by atoms with E-state index in [1.807, 2.05) is 0 Å². The van der Waals surface area contributed by atoms with Crippen LogP contribution in [0.2, 0.25) is 0 Å². The Morgan fingerprint density at radius 3 is 2.76 bits per heavy atom. The van der Waals surface area contributed by atoms with Crippen LogP contribution < -0.4 is 5.32 Å². The predicted octanol–water partition coefficient (Wildman–Crippen LogP) is 3.69. The molecule has 0 saturated carbocycles. The maximum absolute atomic E-state index is 4.67. The highest BCUT2D eigenvalue weighted by Crippen LogP contribution is 2.23. The first kappa shape index (κ1) is 16.9. The molecule has 1 N–H and O–H groups in total. The molecule has 0 aromatic carbocycles. The molecule has 3 atom stereocenters. The Morgan fingerprint density at radius 2 is 2.19 bits per heavy atom. The standard InChI is InChI=1S/C17H31N3S/c1-6-13(4)17-8-18-15(7-12(2)3)9-20(17)10-16-11-21-14(5)19-16/h11-13,15,17-18H,6-10H2,1-5H3. The minimum absolute atomic E-state index is 0.630. The van der Waals surface area contributed by atoms with E-state index in [1.165, 1.54) is 23.5 Å². The molecule has 0 spiro atoms. The molecule has 1 aromatic rings. The Kier molecular flexibility index (Phi) is 6.20. The molecular formula is C17H31N3S. The molecule has 120 valence electrons. The first-order valence-electron chi connectivity index (χ1n) is 8.38. The zero-order valence-electron chi connectivity index (χ0n) is 14.2. The normalized spacial score (nSPS) is 25.4. The molecule has 3 unspecified atom stereocenters. The van der Waals surface area contributed by atoms with Gasteiger partial charge in [-0.2, -0.15) is 0 Å². The van der Waals surface area contributed by atoms with Gasteiger partial charge in [0.15, 0.2) is 0 Å². The van der Waals surface area contributed by atoms with E-state index < -0.39 is 0 Å². The second-order valence-electron chi connectivity index (χ2n) is 6.97. The van der Waals surface area contributed by atoms with Gasteiger partial charge < -0.3 is 5.32 Å². The highest BCUT2D eigenvalue weighted by atomic mass is 32.1. The van der Waals surface area contributed by atoms with Crippen LogP contribution in [0.4, 0.5) is 0 Å². The Morgan fingerprint density at radius 1 is 1.43 bits per heavy atom. The van der Waals surface area contributed by atoms with E-state index in [2.05, 4.69) is 55.2 Å². The number of hydrogen-bond donors (Lipinski definition) is 1. The highest BCUT2D eigenvalue weighted by Gasteiger charge is 2.31. The summed E-state index contributed by atoms with van der Waals surface area (Å²) in [6.07, 6.45) is 2.51. The predicted molar refractivity (Wildman–Crippen MR) is 91.7 cm³/mol. The molecule has 1 aromatic heterocycles. The molecule has 1 aliphatic rings. The summed E-state index contributed by atoms with van der Waals surface area (Å²) < 4.78 is 0. The summed E-state index contributed by atoms with van der Waals surface area (Å²) in [6.45, 7) is 14.7. The fourth-order valence-electron chi connectivity index (χ4n) is 3.33. The van der Waals surface area contributed by atoms with E-state index in [0.717, 1.165) is 31.5 Å². The first-order valence-corrected chi connectivity index (χ1v) is 9.26. The zero-order chi connectivity index (χ0) is 15.4. The van der Waals surface area contributed by atoms with Crippen LogP contribution >= 0.6 is 11.3 Å². The lowest BCUT2D eigenvalue weighted by molar-refractivity contribution is 0.0777. The summed E-state index contributed by atoms with van der Waals surface area (Å²) in [4.78, 5) is 7.34. The third kappa shape index (κ3) is 4.76. The van der Waals surface area contributed by atoms with Gasteiger partial charge in [0.2, 0.25) is 0 Å². The first-order chi connectivity index (χ1) is 9.99. The molecule has 0 amide bonds. The third-order valence-electron chi connectivity index (χ3n) is 4.63. The fourth-order valence-corrected chi connectivity index (χ4v) is 3.93. The smallest absolute Gasteiger partial charge is 0.0897 e. The SMILES string of the molecule is CCC(C)C1CNC(CC(C)C)CN1Cc1csc(C)n1. The second-order valence-corrected chi connectivity index (χ2v) is 8.04. The molecular weight excluding hydrogens is 278 g/mol. The molecule has 0 aliphatic carbocycles. The van der Waals surface area contributed by atoms with E-state index in [0.29, 0.717) is 12.1 Å². The van der Waals surface area contributed by atoms with Gasteiger partial charge in [-0.1, -0.05) is 34.1 Å². The summed E-state index contributed by atoms with van der Waals surface area (Å²) in [6, 6.07) is 1.27. The molecule has 4 heteroatoms. The van der Waals surface area contributed by atoms with Crippen molar-refractivity contribution in [3.8, 4) is 0 Å². The van der Waals surface area contributed by atoms with Gasteiger partial charge in [-0.3, -0.25) is 4.90 Å². The van der Waals surface area contributed by atoms with Crippen molar-refractivity contribution in [2.24, 2.45) is 11.8 Å². The van der Waals surface area contributed by atoms with Crippen molar-refractivity contribution >= 4 is 11.3 Å². The number of aromatic nitrogens is 1. The zero-order valence-corrected chi connectivity index (χ0v) is 15.0. The van der Waals surface area contributed by atoms with Crippen LogP contribution in [0.3, 0.4) is 0 Å². The van der Waals surface area contributed by atoms with Crippen LogP contribution in [0, 0.1) is 18.8 Å². The lowest BCUT2D eigenvalue weighted by Crippen LogP contribution is -2.58. The second kappa shape index (κ2) is 7.70. The average molecular weight is 310 g/mol. The van der Waals surface area contributed by atoms with Gasteiger partial charge >= 0.3 is 0 Å². The highest BCUT2D eigenvalue weighted by molar-refractivity contribution is 7.09. The maximum atomic E-state index is 4.67. The van der Waals surface area contributed by atoms with Gasteiger partial charge in [-0.15, -0.1) is 11.3 Å². The average Bonchev–Trinajstić information content (AvgIpc) is 2.83. The van der Waals surface area contributed by atoms with E-state index in [1.54, 1.807) is 11.3 Å². The summed E-state index contributed by atoms with van der Waals surface area (Å²) in [7, 11) is 0. The van der Waals surface area contributed by atoms with Crippen LogP contribution in [0.25, 0.3) is 0 Å².